The molecule has 5 nitrogen and oxygen atoms in total. The van der Waals surface area contributed by atoms with E-state index >= 15 is 0 Å². The van der Waals surface area contributed by atoms with Gasteiger partial charge < -0.3 is 14.7 Å². The van der Waals surface area contributed by atoms with Crippen LogP contribution in [-0.4, -0.2) is 30.6 Å². The average Bonchev–Trinajstić information content (AvgIpc) is 3.19. The van der Waals surface area contributed by atoms with Crippen LogP contribution >= 0.6 is 23.1 Å². The minimum atomic E-state index is -0.414. The summed E-state index contributed by atoms with van der Waals surface area (Å²) in [5, 5.41) is 13.5. The summed E-state index contributed by atoms with van der Waals surface area (Å²) in [6, 6.07) is 12.8. The van der Waals surface area contributed by atoms with E-state index in [9.17, 15) is 14.4 Å². The van der Waals surface area contributed by atoms with Crippen molar-refractivity contribution in [2.75, 3.05) is 13.7 Å². The average molecular weight is 486 g/mol. The van der Waals surface area contributed by atoms with E-state index < -0.39 is 5.97 Å². The summed E-state index contributed by atoms with van der Waals surface area (Å²) in [5.74, 6) is 0.0378. The van der Waals surface area contributed by atoms with Gasteiger partial charge in [0.15, 0.2) is 0 Å². The number of methoxy groups -OCH3 is 1. The van der Waals surface area contributed by atoms with E-state index in [1.165, 1.54) is 29.2 Å². The fraction of sp³-hybridized carbons (Fsp3) is 0.280. The van der Waals surface area contributed by atoms with Crippen molar-refractivity contribution in [2.24, 2.45) is 5.16 Å². The van der Waals surface area contributed by atoms with E-state index in [1.807, 2.05) is 37.3 Å². The molecule has 1 aliphatic rings. The summed E-state index contributed by atoms with van der Waals surface area (Å²) < 4.78 is 25.9. The number of thiophene rings is 1. The fourth-order valence-electron chi connectivity index (χ4n) is 4.01. The van der Waals surface area contributed by atoms with Gasteiger partial charge in [0.2, 0.25) is 0 Å². The summed E-state index contributed by atoms with van der Waals surface area (Å²) >= 11 is 2.51. The first-order valence-corrected chi connectivity index (χ1v) is 12.2. The van der Waals surface area contributed by atoms with E-state index in [0.29, 0.717) is 33.9 Å². The van der Waals surface area contributed by atoms with Crippen molar-refractivity contribution >= 4 is 34.8 Å². The Kier molecular flexibility index (Phi) is 7.05. The van der Waals surface area contributed by atoms with Crippen LogP contribution in [0.3, 0.4) is 0 Å². The predicted octanol–water partition coefficient (Wildman–Crippen LogP) is 6.44. The Morgan fingerprint density at radius 2 is 2.00 bits per heavy atom. The van der Waals surface area contributed by atoms with Gasteiger partial charge in [-0.1, -0.05) is 35.1 Å². The van der Waals surface area contributed by atoms with Crippen LogP contribution in [0.15, 0.2) is 56.7 Å². The van der Waals surface area contributed by atoms with Crippen LogP contribution in [0.1, 0.15) is 51.2 Å². The lowest BCUT2D eigenvalue weighted by atomic mass is 9.80. The molecule has 172 valence electrons. The molecule has 1 heterocycles. The van der Waals surface area contributed by atoms with E-state index in [-0.39, 0.29) is 18.3 Å². The molecule has 3 aromatic rings. The summed E-state index contributed by atoms with van der Waals surface area (Å²) in [6.45, 7) is 3.85. The third-order valence-corrected chi connectivity index (χ3v) is 8.06. The number of ether oxygens (including phenoxy) is 2. The number of esters is 1. The molecule has 1 unspecified atom stereocenters. The molecule has 8 heteroatoms. The molecule has 1 aliphatic carbocycles. The first kappa shape index (κ1) is 23.3. The molecule has 0 saturated heterocycles. The van der Waals surface area contributed by atoms with Crippen molar-refractivity contribution in [3.63, 3.8) is 0 Å². The molecule has 0 amide bonds. The van der Waals surface area contributed by atoms with Gasteiger partial charge in [-0.3, -0.25) is 0 Å². The van der Waals surface area contributed by atoms with E-state index in [0.717, 1.165) is 26.6 Å². The summed E-state index contributed by atoms with van der Waals surface area (Å²) in [5.41, 5.74) is 3.87. The molecular weight excluding hydrogens is 461 g/mol. The van der Waals surface area contributed by atoms with E-state index in [4.69, 9.17) is 9.47 Å². The highest BCUT2D eigenvalue weighted by Crippen LogP contribution is 2.47. The topological polar surface area (TPSA) is 68.1 Å². The van der Waals surface area contributed by atoms with Crippen LogP contribution in [0.4, 0.5) is 4.39 Å². The predicted molar refractivity (Wildman–Crippen MR) is 128 cm³/mol. The Morgan fingerprint density at radius 3 is 2.64 bits per heavy atom. The Hall–Kier alpha value is -2.84. The third kappa shape index (κ3) is 4.77. The van der Waals surface area contributed by atoms with Crippen LogP contribution in [0, 0.1) is 12.7 Å². The molecule has 0 fully saturated rings. The van der Waals surface area contributed by atoms with Gasteiger partial charge in [-0.05, 0) is 67.1 Å². The molecule has 2 aromatic carbocycles. The second-order valence-corrected chi connectivity index (χ2v) is 10.1. The molecule has 0 saturated carbocycles. The first-order chi connectivity index (χ1) is 15.9. The van der Waals surface area contributed by atoms with Crippen LogP contribution in [-0.2, 0) is 11.2 Å². The minimum absolute atomic E-state index is 0.0195. The zero-order chi connectivity index (χ0) is 23.5. The molecule has 0 bridgehead atoms. The lowest BCUT2D eigenvalue weighted by molar-refractivity contribution is 0.0530. The number of oxime groups is 1. The number of fused-ring (bicyclic) bond motifs is 1. The van der Waals surface area contributed by atoms with Crippen LogP contribution < -0.4 is 4.74 Å². The lowest BCUT2D eigenvalue weighted by Crippen LogP contribution is -2.21. The summed E-state index contributed by atoms with van der Waals surface area (Å²) in [6.07, 6.45) is 1.08. The molecule has 0 aliphatic heterocycles. The number of halogens is 1. The smallest absolute Gasteiger partial charge is 0.348 e. The molecule has 4 rings (SSSR count). The molecule has 0 radical (unpaired) electrons. The molecule has 0 spiro atoms. The number of rotatable bonds is 6. The van der Waals surface area contributed by atoms with Gasteiger partial charge >= 0.3 is 5.97 Å². The highest BCUT2D eigenvalue weighted by atomic mass is 32.2. The second kappa shape index (κ2) is 9.97. The molecule has 1 N–H and O–H groups in total. The number of benzene rings is 2. The molecular formula is C25H24FNO4S2. The molecule has 1 aromatic heterocycles. The number of carbonyl (C=O) groups excluding carboxylic acids is 1. The zero-order valence-corrected chi connectivity index (χ0v) is 20.2. The maximum atomic E-state index is 14.6. The normalized spacial score (nSPS) is 16.5. The van der Waals surface area contributed by atoms with Crippen molar-refractivity contribution in [1.29, 1.82) is 0 Å². The number of carbonyl (C=O) groups is 1. The van der Waals surface area contributed by atoms with Gasteiger partial charge in [0.1, 0.15) is 16.4 Å². The fourth-order valence-corrected chi connectivity index (χ4v) is 6.51. The van der Waals surface area contributed by atoms with Crippen molar-refractivity contribution in [3.05, 3.63) is 75.4 Å². The van der Waals surface area contributed by atoms with Gasteiger partial charge in [0, 0.05) is 16.9 Å². The highest BCUT2D eigenvalue weighted by molar-refractivity contribution is 8.01. The van der Waals surface area contributed by atoms with Crippen molar-refractivity contribution < 1.29 is 23.9 Å². The summed E-state index contributed by atoms with van der Waals surface area (Å²) in [4.78, 5) is 13.7. The van der Waals surface area contributed by atoms with Gasteiger partial charge in [-0.2, -0.15) is 0 Å². The van der Waals surface area contributed by atoms with Gasteiger partial charge in [0.25, 0.3) is 0 Å². The largest absolute Gasteiger partial charge is 0.497 e. The molecule has 1 atom stereocenters. The quantitative estimate of drug-likeness (QED) is 0.247. The van der Waals surface area contributed by atoms with Crippen molar-refractivity contribution in [1.82, 2.24) is 0 Å². The minimum Gasteiger partial charge on any atom is -0.497 e. The number of nitrogens with zero attached hydrogens (tertiary/aromatic N) is 1. The maximum Gasteiger partial charge on any atom is 0.348 e. The SMILES string of the molecule is CCOC(=O)c1sc(Sc2ccc(C)cc2F)c2c1CC(c1ccc(OC)cc1)C/C2=N\O. The van der Waals surface area contributed by atoms with Crippen LogP contribution in [0.25, 0.3) is 0 Å². The highest BCUT2D eigenvalue weighted by Gasteiger charge is 2.34. The Morgan fingerprint density at radius 1 is 1.24 bits per heavy atom. The third-order valence-electron chi connectivity index (χ3n) is 5.61. The van der Waals surface area contributed by atoms with Crippen molar-refractivity contribution in [2.45, 2.75) is 41.7 Å². The standard InChI is InChI=1S/C25H24FNO4S2/c1-4-31-24(28)23-18-12-16(15-6-8-17(30-3)9-7-15)13-20(27-29)22(18)25(33-23)32-21-10-5-14(2)11-19(21)26/h5-11,16,29H,4,12-13H2,1-3H3/b27-20+. The van der Waals surface area contributed by atoms with Crippen LogP contribution in [0.2, 0.25) is 0 Å². The maximum absolute atomic E-state index is 14.6. The Bertz CT molecular complexity index is 1200. The zero-order valence-electron chi connectivity index (χ0n) is 18.6. The number of hydrogen-bond acceptors (Lipinski definition) is 7. The van der Waals surface area contributed by atoms with Gasteiger partial charge in [0.05, 0.1) is 23.6 Å². The first-order valence-electron chi connectivity index (χ1n) is 10.6. The second-order valence-electron chi connectivity index (χ2n) is 7.75. The van der Waals surface area contributed by atoms with Crippen molar-refractivity contribution in [3.8, 4) is 5.75 Å². The lowest BCUT2D eigenvalue weighted by Gasteiger charge is -2.25. The van der Waals surface area contributed by atoms with Gasteiger partial charge in [-0.15, -0.1) is 11.3 Å². The number of hydrogen-bond donors (Lipinski definition) is 1. The van der Waals surface area contributed by atoms with Gasteiger partial charge in [-0.25, -0.2) is 9.18 Å². The van der Waals surface area contributed by atoms with Crippen LogP contribution in [0.5, 0.6) is 5.75 Å². The number of aryl methyl sites for hydroxylation is 1. The summed E-state index contributed by atoms with van der Waals surface area (Å²) in [7, 11) is 1.62. The molecule has 33 heavy (non-hydrogen) atoms. The van der Waals surface area contributed by atoms with E-state index in [2.05, 4.69) is 5.16 Å². The Balaban J connectivity index is 1.78. The monoisotopic (exact) mass is 485 g/mol. The Labute approximate surface area is 200 Å². The van der Waals surface area contributed by atoms with E-state index in [1.54, 1.807) is 20.1 Å².